The molecule has 27 heavy (non-hydrogen) atoms. The Bertz CT molecular complexity index is 880. The second-order valence-electron chi connectivity index (χ2n) is 6.45. The van der Waals surface area contributed by atoms with Gasteiger partial charge in [0.05, 0.1) is 5.56 Å². The van der Waals surface area contributed by atoms with E-state index in [2.05, 4.69) is 19.6 Å². The van der Waals surface area contributed by atoms with Gasteiger partial charge in [-0.1, -0.05) is 0 Å². The summed E-state index contributed by atoms with van der Waals surface area (Å²) < 4.78 is 18.5. The number of rotatable bonds is 3. The van der Waals surface area contributed by atoms with Crippen molar-refractivity contribution in [3.8, 4) is 0 Å². The van der Waals surface area contributed by atoms with Crippen LogP contribution in [0, 0.1) is 12.7 Å². The molecule has 142 valence electrons. The lowest BCUT2D eigenvalue weighted by Gasteiger charge is -2.34. The lowest BCUT2D eigenvalue weighted by molar-refractivity contribution is 0.0742. The van der Waals surface area contributed by atoms with Crippen LogP contribution in [0.1, 0.15) is 16.2 Å². The number of aromatic nitrogens is 2. The zero-order valence-electron chi connectivity index (χ0n) is 14.8. The smallest absolute Gasteiger partial charge is 0.321 e. The Balaban J connectivity index is 1.47. The predicted molar refractivity (Wildman–Crippen MR) is 99.9 cm³/mol. The summed E-state index contributed by atoms with van der Waals surface area (Å²) in [5.41, 5.74) is 0.519. The zero-order valence-corrected chi connectivity index (χ0v) is 15.6. The monoisotopic (exact) mass is 390 g/mol. The molecule has 0 saturated carbocycles. The molecule has 0 aliphatic carbocycles. The second kappa shape index (κ2) is 7.10. The highest BCUT2D eigenvalue weighted by molar-refractivity contribution is 7.09. The van der Waals surface area contributed by atoms with Gasteiger partial charge in [0.2, 0.25) is 5.13 Å². The maximum Gasteiger partial charge on any atom is 0.321 e. The fraction of sp³-hybridized carbons (Fsp3) is 0.412. The van der Waals surface area contributed by atoms with Gasteiger partial charge in [-0.3, -0.25) is 9.69 Å². The van der Waals surface area contributed by atoms with Crippen molar-refractivity contribution in [3.05, 3.63) is 35.4 Å². The van der Waals surface area contributed by atoms with Crippen LogP contribution in [0.3, 0.4) is 0 Å². The number of carbonyl (C=O) groups excluding carboxylic acids is 2. The van der Waals surface area contributed by atoms with E-state index in [0.29, 0.717) is 45.0 Å². The number of nitrogens with one attached hydrogen (secondary N) is 1. The topological polar surface area (TPSA) is 81.7 Å². The van der Waals surface area contributed by atoms with E-state index in [1.54, 1.807) is 4.90 Å². The fourth-order valence-corrected chi connectivity index (χ4v) is 3.97. The van der Waals surface area contributed by atoms with Gasteiger partial charge in [-0.25, -0.2) is 14.2 Å². The maximum atomic E-state index is 14.3. The molecule has 2 fully saturated rings. The average molecular weight is 390 g/mol. The molecule has 2 aromatic rings. The molecule has 0 atom stereocenters. The minimum absolute atomic E-state index is 0.00703. The van der Waals surface area contributed by atoms with E-state index in [9.17, 15) is 14.0 Å². The first kappa shape index (κ1) is 17.7. The summed E-state index contributed by atoms with van der Waals surface area (Å²) in [6.45, 7) is 5.07. The van der Waals surface area contributed by atoms with Crippen molar-refractivity contribution < 1.29 is 14.0 Å². The zero-order chi connectivity index (χ0) is 19.0. The van der Waals surface area contributed by atoms with Crippen LogP contribution in [-0.2, 0) is 0 Å². The van der Waals surface area contributed by atoms with Crippen molar-refractivity contribution in [3.63, 3.8) is 0 Å². The Morgan fingerprint density at radius 1 is 1.22 bits per heavy atom. The lowest BCUT2D eigenvalue weighted by Crippen LogP contribution is -2.49. The van der Waals surface area contributed by atoms with Gasteiger partial charge in [-0.15, -0.1) is 0 Å². The molecule has 3 amide bonds. The third-order valence-electron chi connectivity index (χ3n) is 4.70. The molecule has 0 unspecified atom stereocenters. The summed E-state index contributed by atoms with van der Waals surface area (Å²) in [6, 6.07) is 3.99. The van der Waals surface area contributed by atoms with Crippen LogP contribution in [0.5, 0.6) is 0 Å². The predicted octanol–water partition coefficient (Wildman–Crippen LogP) is 1.48. The number of hydrogen-bond donors (Lipinski definition) is 1. The molecule has 2 aliphatic heterocycles. The van der Waals surface area contributed by atoms with Crippen LogP contribution < -0.4 is 15.1 Å². The van der Waals surface area contributed by atoms with Gasteiger partial charge in [0, 0.05) is 56.5 Å². The van der Waals surface area contributed by atoms with E-state index >= 15 is 0 Å². The van der Waals surface area contributed by atoms with E-state index in [-0.39, 0.29) is 17.5 Å². The third-order valence-corrected chi connectivity index (χ3v) is 5.57. The number of nitrogens with zero attached hydrogens (tertiary/aromatic N) is 5. The minimum atomic E-state index is -0.578. The van der Waals surface area contributed by atoms with Crippen LogP contribution in [0.15, 0.2) is 18.2 Å². The Morgan fingerprint density at radius 2 is 2.00 bits per heavy atom. The number of amides is 3. The van der Waals surface area contributed by atoms with Gasteiger partial charge in [0.1, 0.15) is 11.6 Å². The van der Waals surface area contributed by atoms with E-state index in [4.69, 9.17) is 0 Å². The average Bonchev–Trinajstić information content (AvgIpc) is 3.30. The van der Waals surface area contributed by atoms with Gasteiger partial charge in [0.25, 0.3) is 5.91 Å². The van der Waals surface area contributed by atoms with E-state index in [1.165, 1.54) is 34.6 Å². The van der Waals surface area contributed by atoms with Gasteiger partial charge >= 0.3 is 6.03 Å². The van der Waals surface area contributed by atoms with Crippen LogP contribution in [-0.4, -0.2) is 65.5 Å². The highest BCUT2D eigenvalue weighted by Gasteiger charge is 2.27. The van der Waals surface area contributed by atoms with Crippen molar-refractivity contribution >= 4 is 34.3 Å². The number of benzene rings is 1. The summed E-state index contributed by atoms with van der Waals surface area (Å²) >= 11 is 1.34. The highest BCUT2D eigenvalue weighted by atomic mass is 32.1. The standard InChI is InChI=1S/C17H19FN6O2S/c1-11-20-17(27-21-11)23-8-6-22(7-9-23)15(25)13-10-12(2-3-14(13)18)24-5-4-19-16(24)26/h2-3,10H,4-9H2,1H3,(H,19,26). The highest BCUT2D eigenvalue weighted by Crippen LogP contribution is 2.23. The quantitative estimate of drug-likeness (QED) is 0.859. The molecule has 0 radical (unpaired) electrons. The fourth-order valence-electron chi connectivity index (χ4n) is 3.25. The van der Waals surface area contributed by atoms with Gasteiger partial charge in [-0.05, 0) is 25.1 Å². The number of carbonyl (C=O) groups is 2. The maximum absolute atomic E-state index is 14.3. The third kappa shape index (κ3) is 3.44. The molecule has 2 aliphatic rings. The molecular weight excluding hydrogens is 371 g/mol. The first-order valence-electron chi connectivity index (χ1n) is 8.72. The molecule has 1 aromatic carbocycles. The van der Waals surface area contributed by atoms with Crippen molar-refractivity contribution in [2.45, 2.75) is 6.92 Å². The summed E-state index contributed by atoms with van der Waals surface area (Å²) in [6.07, 6.45) is 0. The molecule has 3 heterocycles. The van der Waals surface area contributed by atoms with Gasteiger partial charge in [-0.2, -0.15) is 4.37 Å². The largest absolute Gasteiger partial charge is 0.343 e. The molecule has 8 nitrogen and oxygen atoms in total. The molecule has 0 bridgehead atoms. The second-order valence-corrected chi connectivity index (χ2v) is 7.18. The number of piperazine rings is 1. The van der Waals surface area contributed by atoms with Gasteiger partial charge in [0.15, 0.2) is 0 Å². The molecule has 2 saturated heterocycles. The van der Waals surface area contributed by atoms with Crippen LogP contribution in [0.4, 0.5) is 20.0 Å². The number of urea groups is 1. The summed E-state index contributed by atoms with van der Waals surface area (Å²) in [5, 5.41) is 3.54. The van der Waals surface area contributed by atoms with Crippen molar-refractivity contribution in [1.82, 2.24) is 19.6 Å². The van der Waals surface area contributed by atoms with Gasteiger partial charge < -0.3 is 15.1 Å². The lowest BCUT2D eigenvalue weighted by atomic mass is 10.1. The van der Waals surface area contributed by atoms with E-state index in [1.807, 2.05) is 6.92 Å². The number of halogens is 1. The molecule has 1 N–H and O–H groups in total. The normalized spacial score (nSPS) is 17.4. The van der Waals surface area contributed by atoms with Crippen molar-refractivity contribution in [1.29, 1.82) is 0 Å². The summed E-state index contributed by atoms with van der Waals surface area (Å²) in [7, 11) is 0. The first-order valence-corrected chi connectivity index (χ1v) is 9.50. The molecule has 4 rings (SSSR count). The molecule has 10 heteroatoms. The Morgan fingerprint density at radius 3 is 2.63 bits per heavy atom. The summed E-state index contributed by atoms with van der Waals surface area (Å²) in [4.78, 5) is 34.3. The summed E-state index contributed by atoms with van der Waals surface area (Å²) in [5.74, 6) is -0.203. The SMILES string of the molecule is Cc1nsc(N2CCN(C(=O)c3cc(N4CCNC4=O)ccc3F)CC2)n1. The van der Waals surface area contributed by atoms with Crippen molar-refractivity contribution in [2.75, 3.05) is 49.1 Å². The number of anilines is 2. The molecular formula is C17H19FN6O2S. The van der Waals surface area contributed by atoms with Crippen molar-refractivity contribution in [2.24, 2.45) is 0 Å². The Labute approximate surface area is 159 Å². The number of aryl methyl sites for hydroxylation is 1. The van der Waals surface area contributed by atoms with Crippen LogP contribution in [0.2, 0.25) is 0 Å². The Kier molecular flexibility index (Phi) is 4.65. The van der Waals surface area contributed by atoms with E-state index < -0.39 is 5.82 Å². The molecule has 1 aromatic heterocycles. The minimum Gasteiger partial charge on any atom is -0.343 e. The Hall–Kier alpha value is -2.75. The van der Waals surface area contributed by atoms with Crippen LogP contribution >= 0.6 is 11.5 Å². The number of hydrogen-bond acceptors (Lipinski definition) is 6. The first-order chi connectivity index (χ1) is 13.0. The van der Waals surface area contributed by atoms with E-state index in [0.717, 1.165) is 11.0 Å². The molecule has 0 spiro atoms. The van der Waals surface area contributed by atoms with Crippen LogP contribution in [0.25, 0.3) is 0 Å².